The van der Waals surface area contributed by atoms with Gasteiger partial charge in [0.05, 0.1) is 5.69 Å². The van der Waals surface area contributed by atoms with E-state index in [1.807, 2.05) is 6.92 Å². The molecule has 1 aromatic rings. The Morgan fingerprint density at radius 2 is 2.10 bits per heavy atom. The summed E-state index contributed by atoms with van der Waals surface area (Å²) in [4.78, 5) is 15.4. The summed E-state index contributed by atoms with van der Waals surface area (Å²) in [5, 5.41) is 7.06. The second-order valence-corrected chi connectivity index (χ2v) is 6.42. The summed E-state index contributed by atoms with van der Waals surface area (Å²) in [7, 11) is 0. The smallest absolute Gasteiger partial charge is 0.265 e. The van der Waals surface area contributed by atoms with Crippen LogP contribution in [-0.2, 0) is 6.42 Å². The average molecular weight is 296 g/mol. The summed E-state index contributed by atoms with van der Waals surface area (Å²) in [6, 6.07) is 0.424. The van der Waals surface area contributed by atoms with Crippen molar-refractivity contribution in [3.8, 4) is 0 Å². The number of carbonyl (C=O) groups is 1. The molecule has 6 heteroatoms. The van der Waals surface area contributed by atoms with Crippen LogP contribution in [0.5, 0.6) is 0 Å². The number of aromatic nitrogens is 2. The Labute approximate surface area is 124 Å². The predicted octanol–water partition coefficient (Wildman–Crippen LogP) is 1.95. The number of carbonyl (C=O) groups excluding carboxylic acids is 1. The van der Waals surface area contributed by atoms with Crippen LogP contribution in [0, 0.1) is 5.92 Å². The zero-order chi connectivity index (χ0) is 14.5. The molecule has 2 rings (SSSR count). The quantitative estimate of drug-likeness (QED) is 0.872. The van der Waals surface area contributed by atoms with E-state index in [4.69, 9.17) is 0 Å². The molecule has 5 nitrogen and oxygen atoms in total. The fourth-order valence-corrected chi connectivity index (χ4v) is 3.42. The van der Waals surface area contributed by atoms with Crippen LogP contribution in [0.1, 0.15) is 49.0 Å². The van der Waals surface area contributed by atoms with Crippen molar-refractivity contribution in [2.45, 2.75) is 46.1 Å². The lowest BCUT2D eigenvalue weighted by Crippen LogP contribution is -2.45. The van der Waals surface area contributed by atoms with E-state index in [-0.39, 0.29) is 5.91 Å². The van der Waals surface area contributed by atoms with Crippen molar-refractivity contribution in [3.63, 3.8) is 0 Å². The first-order valence-corrected chi connectivity index (χ1v) is 8.24. The molecule has 2 heterocycles. The maximum atomic E-state index is 12.2. The minimum Gasteiger partial charge on any atom is -0.350 e. The number of amides is 1. The van der Waals surface area contributed by atoms with E-state index < -0.39 is 0 Å². The third kappa shape index (κ3) is 3.55. The first-order chi connectivity index (χ1) is 9.63. The first-order valence-electron chi connectivity index (χ1n) is 7.47. The number of likely N-dealkylation sites (tertiary alicyclic amines) is 1. The van der Waals surface area contributed by atoms with Gasteiger partial charge in [0.25, 0.3) is 5.91 Å². The predicted molar refractivity (Wildman–Crippen MR) is 81.1 cm³/mol. The van der Waals surface area contributed by atoms with E-state index in [1.54, 1.807) is 0 Å². The number of hydrogen-bond donors (Lipinski definition) is 1. The lowest BCUT2D eigenvalue weighted by molar-refractivity contribution is 0.0930. The normalized spacial score (nSPS) is 17.6. The van der Waals surface area contributed by atoms with E-state index in [1.165, 1.54) is 24.4 Å². The van der Waals surface area contributed by atoms with E-state index in [2.05, 4.69) is 33.7 Å². The van der Waals surface area contributed by atoms with Gasteiger partial charge in [-0.2, -0.15) is 0 Å². The molecule has 0 spiro atoms. The van der Waals surface area contributed by atoms with Crippen molar-refractivity contribution < 1.29 is 4.79 Å². The molecule has 0 bridgehead atoms. The molecule has 0 aromatic carbocycles. The van der Waals surface area contributed by atoms with Crippen molar-refractivity contribution in [2.75, 3.05) is 19.6 Å². The summed E-state index contributed by atoms with van der Waals surface area (Å²) >= 11 is 1.19. The maximum Gasteiger partial charge on any atom is 0.265 e. The molecule has 1 aromatic heterocycles. The first kappa shape index (κ1) is 15.4. The van der Waals surface area contributed by atoms with E-state index in [0.29, 0.717) is 23.4 Å². The summed E-state index contributed by atoms with van der Waals surface area (Å²) in [6.07, 6.45) is 3.30. The van der Waals surface area contributed by atoms with Crippen molar-refractivity contribution in [2.24, 2.45) is 5.92 Å². The molecule has 20 heavy (non-hydrogen) atoms. The Morgan fingerprint density at radius 3 is 2.70 bits per heavy atom. The van der Waals surface area contributed by atoms with Gasteiger partial charge >= 0.3 is 0 Å². The molecule has 1 aliphatic heterocycles. The zero-order valence-electron chi connectivity index (χ0n) is 12.6. The lowest BCUT2D eigenvalue weighted by atomic mass is 10.0. The molecule has 1 atom stereocenters. The topological polar surface area (TPSA) is 58.1 Å². The number of rotatable bonds is 6. The average Bonchev–Trinajstić information content (AvgIpc) is 3.09. The van der Waals surface area contributed by atoms with Gasteiger partial charge in [0.15, 0.2) is 0 Å². The van der Waals surface area contributed by atoms with Crippen molar-refractivity contribution in [3.05, 3.63) is 10.6 Å². The van der Waals surface area contributed by atoms with Gasteiger partial charge in [-0.3, -0.25) is 9.69 Å². The van der Waals surface area contributed by atoms with Crippen LogP contribution >= 0.6 is 11.5 Å². The number of nitrogens with zero attached hydrogens (tertiary/aromatic N) is 3. The Balaban J connectivity index is 1.93. The minimum atomic E-state index is -0.0262. The van der Waals surface area contributed by atoms with Crippen LogP contribution < -0.4 is 5.32 Å². The van der Waals surface area contributed by atoms with Crippen LogP contribution in [0.4, 0.5) is 0 Å². The van der Waals surface area contributed by atoms with Crippen LogP contribution in [0.15, 0.2) is 0 Å². The highest BCUT2D eigenvalue weighted by Gasteiger charge is 2.25. The van der Waals surface area contributed by atoms with E-state index in [9.17, 15) is 4.79 Å². The van der Waals surface area contributed by atoms with E-state index in [0.717, 1.165) is 25.2 Å². The minimum absolute atomic E-state index is 0.0262. The maximum absolute atomic E-state index is 12.2. The molecule has 0 unspecified atom stereocenters. The van der Waals surface area contributed by atoms with Gasteiger partial charge in [-0.05, 0) is 49.8 Å². The van der Waals surface area contributed by atoms with Gasteiger partial charge in [0, 0.05) is 12.6 Å². The third-order valence-corrected chi connectivity index (χ3v) is 4.71. The molecule has 1 fully saturated rings. The van der Waals surface area contributed by atoms with Crippen LogP contribution in [0.25, 0.3) is 0 Å². The van der Waals surface area contributed by atoms with E-state index >= 15 is 0 Å². The van der Waals surface area contributed by atoms with Gasteiger partial charge in [0.2, 0.25) is 0 Å². The summed E-state index contributed by atoms with van der Waals surface area (Å²) in [5.41, 5.74) is 0.801. The molecule has 1 aliphatic rings. The highest BCUT2D eigenvalue weighted by molar-refractivity contribution is 7.08. The molecule has 0 radical (unpaired) electrons. The third-order valence-electron chi connectivity index (χ3n) is 3.95. The Morgan fingerprint density at radius 1 is 1.40 bits per heavy atom. The van der Waals surface area contributed by atoms with Crippen LogP contribution in [0.2, 0.25) is 0 Å². The Kier molecular flexibility index (Phi) is 5.48. The molecular weight excluding hydrogens is 272 g/mol. The number of nitrogens with one attached hydrogen (secondary N) is 1. The van der Waals surface area contributed by atoms with Crippen molar-refractivity contribution in [1.29, 1.82) is 0 Å². The summed E-state index contributed by atoms with van der Waals surface area (Å²) < 4.78 is 3.87. The fourth-order valence-electron chi connectivity index (χ4n) is 2.75. The van der Waals surface area contributed by atoms with Gasteiger partial charge in [-0.15, -0.1) is 5.10 Å². The monoisotopic (exact) mass is 296 g/mol. The van der Waals surface area contributed by atoms with Gasteiger partial charge in [0.1, 0.15) is 4.88 Å². The summed E-state index contributed by atoms with van der Waals surface area (Å²) in [6.45, 7) is 9.45. The van der Waals surface area contributed by atoms with Gasteiger partial charge < -0.3 is 5.32 Å². The zero-order valence-corrected chi connectivity index (χ0v) is 13.4. The number of hydrogen-bond acceptors (Lipinski definition) is 5. The van der Waals surface area contributed by atoms with Gasteiger partial charge in [-0.25, -0.2) is 0 Å². The van der Waals surface area contributed by atoms with Crippen LogP contribution in [0.3, 0.4) is 0 Å². The molecule has 1 amide bonds. The second-order valence-electron chi connectivity index (χ2n) is 5.67. The molecule has 1 N–H and O–H groups in total. The second kappa shape index (κ2) is 7.13. The Hall–Kier alpha value is -1.01. The van der Waals surface area contributed by atoms with Gasteiger partial charge in [-0.1, -0.05) is 25.3 Å². The largest absolute Gasteiger partial charge is 0.350 e. The standard InChI is InChI=1S/C14H24N4OS/c1-4-11-13(20-17-16-11)14(19)15-9-12(10(2)3)18-7-5-6-8-18/h10,12H,4-9H2,1-3H3,(H,15,19)/t12-/m0/s1. The van der Waals surface area contributed by atoms with Crippen molar-refractivity contribution in [1.82, 2.24) is 19.8 Å². The Bertz CT molecular complexity index is 440. The summed E-state index contributed by atoms with van der Waals surface area (Å²) in [5.74, 6) is 0.514. The highest BCUT2D eigenvalue weighted by Crippen LogP contribution is 2.17. The molecule has 1 saturated heterocycles. The molecule has 0 aliphatic carbocycles. The van der Waals surface area contributed by atoms with Crippen LogP contribution in [-0.4, -0.2) is 46.1 Å². The molecular formula is C14H24N4OS. The molecule has 0 saturated carbocycles. The fraction of sp³-hybridized carbons (Fsp3) is 0.786. The molecule has 112 valence electrons. The highest BCUT2D eigenvalue weighted by atomic mass is 32.1. The lowest BCUT2D eigenvalue weighted by Gasteiger charge is -2.30. The number of aryl methyl sites for hydroxylation is 1. The SMILES string of the molecule is CCc1nnsc1C(=O)NC[C@@H](C(C)C)N1CCCC1. The van der Waals surface area contributed by atoms with Crippen molar-refractivity contribution >= 4 is 17.4 Å².